The Labute approximate surface area is 182 Å². The van der Waals surface area contributed by atoms with E-state index in [-0.39, 0.29) is 18.5 Å². The fraction of sp³-hybridized carbons (Fsp3) is 0.263. The maximum Gasteiger partial charge on any atom is 0.263 e. The first kappa shape index (κ1) is 21.4. The first-order chi connectivity index (χ1) is 13.9. The minimum Gasteiger partial charge on any atom is -0.357 e. The Balaban J connectivity index is 1.76. The van der Waals surface area contributed by atoms with Crippen molar-refractivity contribution < 1.29 is 4.79 Å². The molecule has 4 N–H and O–H groups in total. The molecule has 152 valence electrons. The van der Waals surface area contributed by atoms with Gasteiger partial charge in [-0.1, -0.05) is 29.3 Å². The Kier molecular flexibility index (Phi) is 7.02. The largest absolute Gasteiger partial charge is 0.357 e. The van der Waals surface area contributed by atoms with Gasteiger partial charge in [0.05, 0.1) is 5.69 Å². The van der Waals surface area contributed by atoms with E-state index in [4.69, 9.17) is 28.9 Å². The van der Waals surface area contributed by atoms with Crippen LogP contribution >= 0.6 is 34.5 Å². The summed E-state index contributed by atoms with van der Waals surface area (Å²) in [6.45, 7) is 2.06. The number of aryl methyl sites for hydroxylation is 1. The average molecular weight is 451 g/mol. The van der Waals surface area contributed by atoms with Crippen LogP contribution in [0.2, 0.25) is 10.0 Å². The lowest BCUT2D eigenvalue weighted by Crippen LogP contribution is -2.41. The zero-order valence-electron chi connectivity index (χ0n) is 15.9. The van der Waals surface area contributed by atoms with Crippen LogP contribution in [-0.4, -0.2) is 40.5 Å². The minimum atomic E-state index is -0.277. The van der Waals surface area contributed by atoms with Crippen LogP contribution in [0.4, 0.5) is 5.95 Å². The van der Waals surface area contributed by atoms with E-state index in [1.807, 2.05) is 6.07 Å². The van der Waals surface area contributed by atoms with Gasteiger partial charge in [0.2, 0.25) is 5.95 Å². The van der Waals surface area contributed by atoms with Crippen LogP contribution in [-0.2, 0) is 6.42 Å². The molecule has 0 fully saturated rings. The van der Waals surface area contributed by atoms with Crippen LogP contribution in [0.1, 0.15) is 20.9 Å². The highest BCUT2D eigenvalue weighted by atomic mass is 35.5. The van der Waals surface area contributed by atoms with Crippen molar-refractivity contribution in [3.8, 4) is 10.7 Å². The van der Waals surface area contributed by atoms with Crippen molar-refractivity contribution in [3.63, 3.8) is 0 Å². The van der Waals surface area contributed by atoms with Crippen molar-refractivity contribution in [1.82, 2.24) is 20.3 Å². The number of carbonyl (C=O) groups is 1. The Morgan fingerprint density at radius 2 is 2.07 bits per heavy atom. The molecule has 1 amide bonds. The molecule has 1 aromatic carbocycles. The Hall–Kier alpha value is -2.26. The molecule has 2 heterocycles. The second-order valence-electron chi connectivity index (χ2n) is 6.29. The highest BCUT2D eigenvalue weighted by Crippen LogP contribution is 2.27. The van der Waals surface area contributed by atoms with Gasteiger partial charge in [-0.2, -0.15) is 0 Å². The smallest absolute Gasteiger partial charge is 0.263 e. The predicted octanol–water partition coefficient (Wildman–Crippen LogP) is 3.56. The molecule has 0 aliphatic rings. The highest BCUT2D eigenvalue weighted by molar-refractivity contribution is 7.17. The summed E-state index contributed by atoms with van der Waals surface area (Å²) in [6, 6.07) is 6.75. The standard InChI is InChI=1S/C19H20Cl2N6OS/c1-10-16(29-18(25-10)15-5-6-24-19(23-2)27-15)17(28)26-13(9-22)7-11-3-4-12(20)8-14(11)21/h3-6,8,13H,7,9,22H2,1-2H3,(H,26,28)(H,23,24,27)/t13-/m0/s1. The van der Waals surface area contributed by atoms with Gasteiger partial charge in [-0.3, -0.25) is 4.79 Å². The van der Waals surface area contributed by atoms with Crippen molar-refractivity contribution in [2.24, 2.45) is 5.73 Å². The van der Waals surface area contributed by atoms with Gasteiger partial charge in [0, 0.05) is 35.9 Å². The van der Waals surface area contributed by atoms with Gasteiger partial charge in [0.15, 0.2) is 0 Å². The van der Waals surface area contributed by atoms with Gasteiger partial charge in [-0.05, 0) is 37.1 Å². The minimum absolute atomic E-state index is 0.227. The lowest BCUT2D eigenvalue weighted by Gasteiger charge is -2.17. The summed E-state index contributed by atoms with van der Waals surface area (Å²) in [6.07, 6.45) is 2.14. The number of benzene rings is 1. The fourth-order valence-electron chi connectivity index (χ4n) is 2.71. The van der Waals surface area contributed by atoms with Crippen molar-refractivity contribution >= 4 is 46.4 Å². The zero-order chi connectivity index (χ0) is 21.0. The van der Waals surface area contributed by atoms with E-state index < -0.39 is 0 Å². The number of nitrogens with one attached hydrogen (secondary N) is 2. The third-order valence-electron chi connectivity index (χ3n) is 4.20. The van der Waals surface area contributed by atoms with Crippen LogP contribution in [0.5, 0.6) is 0 Å². The number of hydrogen-bond donors (Lipinski definition) is 3. The maximum atomic E-state index is 12.8. The number of halogens is 2. The Bertz CT molecular complexity index is 1030. The first-order valence-electron chi connectivity index (χ1n) is 8.84. The van der Waals surface area contributed by atoms with Crippen LogP contribution in [0.15, 0.2) is 30.5 Å². The number of nitrogens with zero attached hydrogens (tertiary/aromatic N) is 3. The number of nitrogens with two attached hydrogens (primary N) is 1. The third-order valence-corrected chi connectivity index (χ3v) is 5.97. The fourth-order valence-corrected chi connectivity index (χ4v) is 4.14. The van der Waals surface area contributed by atoms with Crippen molar-refractivity contribution in [3.05, 3.63) is 56.6 Å². The normalized spacial score (nSPS) is 11.9. The molecule has 0 unspecified atom stereocenters. The molecule has 0 bridgehead atoms. The molecule has 0 saturated carbocycles. The van der Waals surface area contributed by atoms with Crippen LogP contribution in [0.25, 0.3) is 10.7 Å². The summed E-state index contributed by atoms with van der Waals surface area (Å²) in [7, 11) is 1.74. The molecule has 0 aliphatic carbocycles. The Morgan fingerprint density at radius 1 is 1.28 bits per heavy atom. The van der Waals surface area contributed by atoms with Crippen molar-refractivity contribution in [2.45, 2.75) is 19.4 Å². The van der Waals surface area contributed by atoms with E-state index in [0.717, 1.165) is 5.56 Å². The molecule has 0 aliphatic heterocycles. The summed E-state index contributed by atoms with van der Waals surface area (Å²) in [5.74, 6) is 0.263. The van der Waals surface area contributed by atoms with Gasteiger partial charge in [0.25, 0.3) is 5.91 Å². The molecule has 29 heavy (non-hydrogen) atoms. The number of thiazole rings is 1. The SMILES string of the molecule is CNc1nccc(-c2nc(C)c(C(=O)N[C@H](CN)Cc3ccc(Cl)cc3Cl)s2)n1. The molecule has 3 rings (SSSR count). The predicted molar refractivity (Wildman–Crippen MR) is 118 cm³/mol. The van der Waals surface area contributed by atoms with Crippen molar-refractivity contribution in [2.75, 3.05) is 18.9 Å². The lowest BCUT2D eigenvalue weighted by molar-refractivity contribution is 0.0941. The summed E-state index contributed by atoms with van der Waals surface area (Å²) in [5, 5.41) is 7.62. The van der Waals surface area contributed by atoms with E-state index in [2.05, 4.69) is 25.6 Å². The zero-order valence-corrected chi connectivity index (χ0v) is 18.2. The van der Waals surface area contributed by atoms with Crippen LogP contribution in [0, 0.1) is 6.92 Å². The monoisotopic (exact) mass is 450 g/mol. The first-order valence-corrected chi connectivity index (χ1v) is 10.4. The second kappa shape index (κ2) is 9.49. The van der Waals surface area contributed by atoms with Gasteiger partial charge in [-0.25, -0.2) is 15.0 Å². The van der Waals surface area contributed by atoms with Gasteiger partial charge >= 0.3 is 0 Å². The van der Waals surface area contributed by atoms with Crippen LogP contribution in [0.3, 0.4) is 0 Å². The molecule has 10 heteroatoms. The molecule has 0 radical (unpaired) electrons. The third kappa shape index (κ3) is 5.22. The number of carbonyl (C=O) groups excluding carboxylic acids is 1. The molecular weight excluding hydrogens is 431 g/mol. The van der Waals surface area contributed by atoms with E-state index in [1.165, 1.54) is 11.3 Å². The maximum absolute atomic E-state index is 12.8. The summed E-state index contributed by atoms with van der Waals surface area (Å²) >= 11 is 13.5. The second-order valence-corrected chi connectivity index (χ2v) is 8.14. The van der Waals surface area contributed by atoms with E-state index >= 15 is 0 Å². The molecule has 2 aromatic heterocycles. The number of amides is 1. The van der Waals surface area contributed by atoms with E-state index in [1.54, 1.807) is 38.4 Å². The molecule has 0 spiro atoms. The van der Waals surface area contributed by atoms with Gasteiger partial charge in [0.1, 0.15) is 15.6 Å². The lowest BCUT2D eigenvalue weighted by atomic mass is 10.1. The quantitative estimate of drug-likeness (QED) is 0.507. The molecule has 3 aromatic rings. The molecular formula is C19H20Cl2N6OS. The molecule has 0 saturated heterocycles. The molecule has 1 atom stereocenters. The van der Waals surface area contributed by atoms with Crippen molar-refractivity contribution in [1.29, 1.82) is 0 Å². The number of anilines is 1. The molecule has 7 nitrogen and oxygen atoms in total. The van der Waals surface area contributed by atoms with Gasteiger partial charge < -0.3 is 16.4 Å². The van der Waals surface area contributed by atoms with Gasteiger partial charge in [-0.15, -0.1) is 11.3 Å². The number of hydrogen-bond acceptors (Lipinski definition) is 7. The summed E-state index contributed by atoms with van der Waals surface area (Å²) in [5.41, 5.74) is 8.03. The number of aromatic nitrogens is 3. The van der Waals surface area contributed by atoms with E-state index in [9.17, 15) is 4.79 Å². The topological polar surface area (TPSA) is 106 Å². The Morgan fingerprint density at radius 3 is 2.76 bits per heavy atom. The highest BCUT2D eigenvalue weighted by Gasteiger charge is 2.20. The average Bonchev–Trinajstić information content (AvgIpc) is 3.11. The summed E-state index contributed by atoms with van der Waals surface area (Å²) in [4.78, 5) is 26.3. The number of rotatable bonds is 7. The van der Waals surface area contributed by atoms with E-state index in [0.29, 0.717) is 43.7 Å². The summed E-state index contributed by atoms with van der Waals surface area (Å²) < 4.78 is 0. The van der Waals surface area contributed by atoms with Crippen LogP contribution < -0.4 is 16.4 Å².